The molecular formula is C22H23FN6O2. The summed E-state index contributed by atoms with van der Waals surface area (Å²) in [5.74, 6) is -0.122. The highest BCUT2D eigenvalue weighted by molar-refractivity contribution is 5.77. The Labute approximate surface area is 178 Å². The van der Waals surface area contributed by atoms with Crippen molar-refractivity contribution in [3.05, 3.63) is 71.9 Å². The lowest BCUT2D eigenvalue weighted by atomic mass is 10.0. The molecule has 31 heavy (non-hydrogen) atoms. The first kappa shape index (κ1) is 20.5. The fraction of sp³-hybridized carbons (Fsp3) is 0.273. The molecule has 0 saturated carbocycles. The number of likely N-dealkylation sites (tertiary alicyclic amines) is 1. The summed E-state index contributed by atoms with van der Waals surface area (Å²) in [7, 11) is 0. The summed E-state index contributed by atoms with van der Waals surface area (Å²) in [5, 5.41) is 7.22. The Kier molecular flexibility index (Phi) is 5.92. The molecule has 160 valence electrons. The molecule has 3 heterocycles. The molecule has 1 fully saturated rings. The minimum atomic E-state index is -0.560. The van der Waals surface area contributed by atoms with Gasteiger partial charge in [0.25, 0.3) is 0 Å². The third-order valence-electron chi connectivity index (χ3n) is 5.30. The first-order chi connectivity index (χ1) is 15.0. The summed E-state index contributed by atoms with van der Waals surface area (Å²) in [6.07, 6.45) is 3.91. The summed E-state index contributed by atoms with van der Waals surface area (Å²) in [4.78, 5) is 29.4. The average Bonchev–Trinajstić information content (AvgIpc) is 3.11. The Balaban J connectivity index is 1.49. The molecule has 8 nitrogen and oxygen atoms in total. The number of primary amides is 1. The second-order valence-corrected chi connectivity index (χ2v) is 7.63. The number of rotatable bonds is 7. The number of nitrogens with one attached hydrogen (secondary N) is 1. The van der Waals surface area contributed by atoms with Crippen molar-refractivity contribution in [1.82, 2.24) is 25.0 Å². The van der Waals surface area contributed by atoms with Crippen LogP contribution in [-0.2, 0) is 17.8 Å². The van der Waals surface area contributed by atoms with Crippen molar-refractivity contribution in [2.45, 2.75) is 13.0 Å². The summed E-state index contributed by atoms with van der Waals surface area (Å²) >= 11 is 0. The SMILES string of the molecule is NC(=O)NCC1CN(C(=O)Cn2nc(-c3ccncc3)cc2Cc2ccc(F)cc2)C1. The number of amides is 3. The van der Waals surface area contributed by atoms with E-state index in [0.29, 0.717) is 26.1 Å². The number of nitrogens with two attached hydrogens (primary N) is 1. The van der Waals surface area contributed by atoms with Gasteiger partial charge in [-0.2, -0.15) is 5.10 Å². The Morgan fingerprint density at radius 3 is 2.52 bits per heavy atom. The van der Waals surface area contributed by atoms with Crippen LogP contribution >= 0.6 is 0 Å². The van der Waals surface area contributed by atoms with Crippen LogP contribution in [-0.4, -0.2) is 51.2 Å². The molecular weight excluding hydrogens is 399 g/mol. The minimum Gasteiger partial charge on any atom is -0.352 e. The number of hydrogen-bond acceptors (Lipinski definition) is 4. The van der Waals surface area contributed by atoms with E-state index < -0.39 is 6.03 Å². The van der Waals surface area contributed by atoms with Crippen LogP contribution < -0.4 is 11.1 Å². The number of urea groups is 1. The standard InChI is InChI=1S/C22H23FN6O2/c23-18-3-1-15(2-4-18)9-19-10-20(17-5-7-25-8-6-17)27-29(19)14-21(30)28-12-16(13-28)11-26-22(24)31/h1-8,10,16H,9,11-14H2,(H3,24,26,31). The van der Waals surface area contributed by atoms with Crippen molar-refractivity contribution in [3.8, 4) is 11.3 Å². The zero-order valence-electron chi connectivity index (χ0n) is 16.9. The topological polar surface area (TPSA) is 106 Å². The van der Waals surface area contributed by atoms with Gasteiger partial charge in [0.2, 0.25) is 5.91 Å². The van der Waals surface area contributed by atoms with Crippen LogP contribution in [0.5, 0.6) is 0 Å². The van der Waals surface area contributed by atoms with Crippen LogP contribution in [0.3, 0.4) is 0 Å². The van der Waals surface area contributed by atoms with E-state index in [1.165, 1.54) is 12.1 Å². The summed E-state index contributed by atoms with van der Waals surface area (Å²) in [6, 6.07) is 11.4. The van der Waals surface area contributed by atoms with Crippen LogP contribution in [0.15, 0.2) is 54.9 Å². The van der Waals surface area contributed by atoms with Crippen molar-refractivity contribution in [3.63, 3.8) is 0 Å². The number of pyridine rings is 1. The van der Waals surface area contributed by atoms with Gasteiger partial charge in [-0.15, -0.1) is 0 Å². The van der Waals surface area contributed by atoms with Gasteiger partial charge in [-0.3, -0.25) is 14.5 Å². The molecule has 1 aliphatic heterocycles. The van der Waals surface area contributed by atoms with E-state index in [1.54, 1.807) is 34.1 Å². The molecule has 3 aromatic rings. The van der Waals surface area contributed by atoms with Crippen LogP contribution in [0.2, 0.25) is 0 Å². The van der Waals surface area contributed by atoms with Gasteiger partial charge in [-0.1, -0.05) is 12.1 Å². The lowest BCUT2D eigenvalue weighted by Crippen LogP contribution is -2.55. The molecule has 0 aliphatic carbocycles. The zero-order valence-corrected chi connectivity index (χ0v) is 16.9. The highest BCUT2D eigenvalue weighted by Gasteiger charge is 2.31. The van der Waals surface area contributed by atoms with E-state index in [0.717, 1.165) is 22.5 Å². The van der Waals surface area contributed by atoms with E-state index in [4.69, 9.17) is 5.73 Å². The molecule has 0 unspecified atom stereocenters. The molecule has 1 aliphatic rings. The molecule has 0 atom stereocenters. The Morgan fingerprint density at radius 2 is 1.84 bits per heavy atom. The number of aromatic nitrogens is 3. The molecule has 1 aromatic carbocycles. The van der Waals surface area contributed by atoms with Crippen LogP contribution in [0.4, 0.5) is 9.18 Å². The molecule has 4 rings (SSSR count). The van der Waals surface area contributed by atoms with Crippen molar-refractivity contribution in [2.75, 3.05) is 19.6 Å². The molecule has 0 spiro atoms. The van der Waals surface area contributed by atoms with E-state index in [2.05, 4.69) is 15.4 Å². The second kappa shape index (κ2) is 8.95. The highest BCUT2D eigenvalue weighted by atomic mass is 19.1. The first-order valence-corrected chi connectivity index (χ1v) is 10.0. The predicted molar refractivity (Wildman–Crippen MR) is 112 cm³/mol. The second-order valence-electron chi connectivity index (χ2n) is 7.63. The quantitative estimate of drug-likeness (QED) is 0.606. The Hall–Kier alpha value is -3.75. The number of halogens is 1. The monoisotopic (exact) mass is 422 g/mol. The molecule has 3 amide bonds. The predicted octanol–water partition coefficient (Wildman–Crippen LogP) is 1.80. The number of carbonyl (C=O) groups is 2. The lowest BCUT2D eigenvalue weighted by molar-refractivity contribution is -0.138. The van der Waals surface area contributed by atoms with Crippen molar-refractivity contribution in [1.29, 1.82) is 0 Å². The van der Waals surface area contributed by atoms with Gasteiger partial charge in [0, 0.05) is 55.6 Å². The maximum Gasteiger partial charge on any atom is 0.312 e. The van der Waals surface area contributed by atoms with Gasteiger partial charge in [0.15, 0.2) is 0 Å². The number of nitrogens with zero attached hydrogens (tertiary/aromatic N) is 4. The number of hydrogen-bond donors (Lipinski definition) is 2. The highest BCUT2D eigenvalue weighted by Crippen LogP contribution is 2.22. The van der Waals surface area contributed by atoms with Crippen LogP contribution in [0.1, 0.15) is 11.3 Å². The van der Waals surface area contributed by atoms with Crippen LogP contribution in [0.25, 0.3) is 11.3 Å². The van der Waals surface area contributed by atoms with Crippen molar-refractivity contribution < 1.29 is 14.0 Å². The number of benzene rings is 1. The van der Waals surface area contributed by atoms with Crippen LogP contribution in [0, 0.1) is 11.7 Å². The molecule has 2 aromatic heterocycles. The maximum atomic E-state index is 13.3. The van der Waals surface area contributed by atoms with Gasteiger partial charge in [0.1, 0.15) is 12.4 Å². The summed E-state index contributed by atoms with van der Waals surface area (Å²) in [5.41, 5.74) is 8.53. The lowest BCUT2D eigenvalue weighted by Gasteiger charge is -2.39. The zero-order chi connectivity index (χ0) is 21.8. The molecule has 3 N–H and O–H groups in total. The Bertz CT molecular complexity index is 1060. The largest absolute Gasteiger partial charge is 0.352 e. The van der Waals surface area contributed by atoms with E-state index in [-0.39, 0.29) is 24.2 Å². The third-order valence-corrected chi connectivity index (χ3v) is 5.30. The molecule has 1 saturated heterocycles. The Morgan fingerprint density at radius 1 is 1.13 bits per heavy atom. The smallest absolute Gasteiger partial charge is 0.312 e. The molecule has 9 heteroatoms. The fourth-order valence-corrected chi connectivity index (χ4v) is 3.59. The van der Waals surface area contributed by atoms with E-state index in [1.807, 2.05) is 18.2 Å². The van der Waals surface area contributed by atoms with Gasteiger partial charge in [-0.05, 0) is 35.9 Å². The van der Waals surface area contributed by atoms with Crippen molar-refractivity contribution in [2.24, 2.45) is 11.7 Å². The molecule has 0 radical (unpaired) electrons. The van der Waals surface area contributed by atoms with Gasteiger partial charge < -0.3 is 16.0 Å². The first-order valence-electron chi connectivity index (χ1n) is 10.0. The average molecular weight is 422 g/mol. The summed E-state index contributed by atoms with van der Waals surface area (Å²) in [6.45, 7) is 1.72. The van der Waals surface area contributed by atoms with E-state index in [9.17, 15) is 14.0 Å². The van der Waals surface area contributed by atoms with Crippen molar-refractivity contribution >= 4 is 11.9 Å². The minimum absolute atomic E-state index is 0.0416. The number of carbonyl (C=O) groups excluding carboxylic acids is 2. The van der Waals surface area contributed by atoms with Gasteiger partial charge >= 0.3 is 6.03 Å². The molecule has 0 bridgehead atoms. The fourth-order valence-electron chi connectivity index (χ4n) is 3.59. The normalized spacial score (nSPS) is 13.6. The maximum absolute atomic E-state index is 13.3. The third kappa shape index (κ3) is 5.06. The van der Waals surface area contributed by atoms with Gasteiger partial charge in [-0.25, -0.2) is 9.18 Å². The summed E-state index contributed by atoms with van der Waals surface area (Å²) < 4.78 is 15.0. The van der Waals surface area contributed by atoms with E-state index >= 15 is 0 Å². The van der Waals surface area contributed by atoms with Gasteiger partial charge in [0.05, 0.1) is 5.69 Å².